The number of aromatic amines is 1. The lowest BCUT2D eigenvalue weighted by molar-refractivity contribution is 0.0740. The minimum Gasteiger partial charge on any atom is -0.454 e. The zero-order chi connectivity index (χ0) is 14.8. The molecule has 7 heteroatoms. The third-order valence-corrected chi connectivity index (χ3v) is 3.27. The van der Waals surface area contributed by atoms with E-state index >= 15 is 0 Å². The van der Waals surface area contributed by atoms with Crippen LogP contribution in [0.1, 0.15) is 28.9 Å². The topological polar surface area (TPSA) is 80.3 Å². The number of hydrogen-bond acceptors (Lipinski definition) is 5. The fourth-order valence-corrected chi connectivity index (χ4v) is 2.17. The van der Waals surface area contributed by atoms with E-state index in [0.717, 1.165) is 11.3 Å². The standard InChI is InChI=1S/C14H16N4O3/c1-3-18(14(19)13-15-9(2)16-17-13)7-10-4-5-11-12(6-10)21-8-20-11/h4-6H,3,7-8H2,1-2H3,(H,15,16,17). The lowest BCUT2D eigenvalue weighted by Crippen LogP contribution is -2.31. The molecule has 0 radical (unpaired) electrons. The predicted molar refractivity (Wildman–Crippen MR) is 74.1 cm³/mol. The molecule has 21 heavy (non-hydrogen) atoms. The quantitative estimate of drug-likeness (QED) is 0.922. The van der Waals surface area contributed by atoms with Gasteiger partial charge in [-0.15, -0.1) is 5.10 Å². The van der Waals surface area contributed by atoms with Crippen LogP contribution in [0.3, 0.4) is 0 Å². The fourth-order valence-electron chi connectivity index (χ4n) is 2.17. The van der Waals surface area contributed by atoms with Crippen LogP contribution in [-0.2, 0) is 6.54 Å². The molecular formula is C14H16N4O3. The molecule has 1 N–H and O–H groups in total. The van der Waals surface area contributed by atoms with Gasteiger partial charge >= 0.3 is 0 Å². The normalized spacial score (nSPS) is 12.5. The van der Waals surface area contributed by atoms with Crippen molar-refractivity contribution in [1.29, 1.82) is 0 Å². The second-order valence-corrected chi connectivity index (χ2v) is 4.75. The number of carbonyl (C=O) groups is 1. The lowest BCUT2D eigenvalue weighted by Gasteiger charge is -2.19. The number of rotatable bonds is 4. The zero-order valence-electron chi connectivity index (χ0n) is 11.9. The molecule has 0 unspecified atom stereocenters. The maximum absolute atomic E-state index is 12.4. The Bertz CT molecular complexity index is 668. The van der Waals surface area contributed by atoms with Gasteiger partial charge in [-0.1, -0.05) is 6.07 Å². The predicted octanol–water partition coefficient (Wildman–Crippen LogP) is 1.50. The third kappa shape index (κ3) is 2.67. The van der Waals surface area contributed by atoms with Crippen LogP contribution in [-0.4, -0.2) is 39.3 Å². The number of hydrogen-bond donors (Lipinski definition) is 1. The molecule has 0 saturated carbocycles. The van der Waals surface area contributed by atoms with Gasteiger partial charge in [0.2, 0.25) is 12.6 Å². The largest absolute Gasteiger partial charge is 0.454 e. The maximum Gasteiger partial charge on any atom is 0.293 e. The summed E-state index contributed by atoms with van der Waals surface area (Å²) in [4.78, 5) is 18.1. The molecule has 1 aliphatic heterocycles. The van der Waals surface area contributed by atoms with Crippen molar-refractivity contribution < 1.29 is 14.3 Å². The first kappa shape index (κ1) is 13.4. The Kier molecular flexibility index (Phi) is 3.47. The summed E-state index contributed by atoms with van der Waals surface area (Å²) in [7, 11) is 0. The van der Waals surface area contributed by atoms with E-state index in [1.165, 1.54) is 0 Å². The van der Waals surface area contributed by atoms with Gasteiger partial charge in [0.25, 0.3) is 5.91 Å². The van der Waals surface area contributed by atoms with Gasteiger partial charge < -0.3 is 14.4 Å². The van der Waals surface area contributed by atoms with Gasteiger partial charge in [0.05, 0.1) is 0 Å². The van der Waals surface area contributed by atoms with E-state index in [2.05, 4.69) is 15.2 Å². The number of aromatic nitrogens is 3. The van der Waals surface area contributed by atoms with Gasteiger partial charge in [-0.3, -0.25) is 9.89 Å². The molecule has 110 valence electrons. The number of H-pyrrole nitrogens is 1. The first-order valence-corrected chi connectivity index (χ1v) is 6.74. The Morgan fingerprint density at radius 2 is 2.19 bits per heavy atom. The smallest absolute Gasteiger partial charge is 0.293 e. The van der Waals surface area contributed by atoms with Gasteiger partial charge in [0.15, 0.2) is 11.5 Å². The van der Waals surface area contributed by atoms with Crippen molar-refractivity contribution in [2.75, 3.05) is 13.3 Å². The number of fused-ring (bicyclic) bond motifs is 1. The van der Waals surface area contributed by atoms with E-state index in [1.807, 2.05) is 25.1 Å². The van der Waals surface area contributed by atoms with Crippen molar-refractivity contribution in [3.05, 3.63) is 35.4 Å². The highest BCUT2D eigenvalue weighted by Crippen LogP contribution is 2.32. The summed E-state index contributed by atoms with van der Waals surface area (Å²) in [5.41, 5.74) is 0.974. The number of carbonyl (C=O) groups excluding carboxylic acids is 1. The second kappa shape index (κ2) is 5.43. The molecule has 1 amide bonds. The number of nitrogens with one attached hydrogen (secondary N) is 1. The highest BCUT2D eigenvalue weighted by Gasteiger charge is 2.20. The van der Waals surface area contributed by atoms with Crippen molar-refractivity contribution in [2.45, 2.75) is 20.4 Å². The number of aryl methyl sites for hydroxylation is 1. The Labute approximate surface area is 121 Å². The molecule has 3 rings (SSSR count). The Hall–Kier alpha value is -2.57. The van der Waals surface area contributed by atoms with Crippen LogP contribution in [0.15, 0.2) is 18.2 Å². The molecule has 1 aromatic heterocycles. The lowest BCUT2D eigenvalue weighted by atomic mass is 10.2. The van der Waals surface area contributed by atoms with Crippen LogP contribution in [0.4, 0.5) is 0 Å². The van der Waals surface area contributed by atoms with Crippen molar-refractivity contribution in [3.63, 3.8) is 0 Å². The van der Waals surface area contributed by atoms with E-state index < -0.39 is 0 Å². The van der Waals surface area contributed by atoms with E-state index in [9.17, 15) is 4.79 Å². The van der Waals surface area contributed by atoms with Crippen LogP contribution in [0.2, 0.25) is 0 Å². The molecule has 0 saturated heterocycles. The van der Waals surface area contributed by atoms with E-state index in [0.29, 0.717) is 24.7 Å². The second-order valence-electron chi connectivity index (χ2n) is 4.75. The molecule has 1 aliphatic rings. The van der Waals surface area contributed by atoms with Crippen LogP contribution in [0.25, 0.3) is 0 Å². The Morgan fingerprint density at radius 3 is 2.90 bits per heavy atom. The highest BCUT2D eigenvalue weighted by molar-refractivity contribution is 5.90. The molecule has 2 heterocycles. The molecule has 2 aromatic rings. The third-order valence-electron chi connectivity index (χ3n) is 3.27. The summed E-state index contributed by atoms with van der Waals surface area (Å²) in [5.74, 6) is 2.06. The molecule has 0 aliphatic carbocycles. The van der Waals surface area contributed by atoms with Crippen LogP contribution < -0.4 is 9.47 Å². The van der Waals surface area contributed by atoms with E-state index in [1.54, 1.807) is 11.8 Å². The Morgan fingerprint density at radius 1 is 1.38 bits per heavy atom. The summed E-state index contributed by atoms with van der Waals surface area (Å²) in [5, 5.41) is 6.59. The van der Waals surface area contributed by atoms with Crippen LogP contribution in [0, 0.1) is 6.92 Å². The van der Waals surface area contributed by atoms with Crippen LogP contribution >= 0.6 is 0 Å². The molecule has 7 nitrogen and oxygen atoms in total. The molecule has 0 atom stereocenters. The summed E-state index contributed by atoms with van der Waals surface area (Å²) in [6, 6.07) is 5.67. The van der Waals surface area contributed by atoms with Gasteiger partial charge in [-0.05, 0) is 31.5 Å². The number of amides is 1. The molecule has 0 fully saturated rings. The van der Waals surface area contributed by atoms with Gasteiger partial charge in [-0.25, -0.2) is 4.98 Å². The van der Waals surface area contributed by atoms with Gasteiger partial charge in [0, 0.05) is 13.1 Å². The van der Waals surface area contributed by atoms with Crippen molar-refractivity contribution in [2.24, 2.45) is 0 Å². The molecule has 0 spiro atoms. The minimum atomic E-state index is -0.195. The average Bonchev–Trinajstić information content (AvgIpc) is 3.12. The SMILES string of the molecule is CCN(Cc1ccc2c(c1)OCO2)C(=O)c1n[nH]c(C)n1. The van der Waals surface area contributed by atoms with Crippen molar-refractivity contribution >= 4 is 5.91 Å². The van der Waals surface area contributed by atoms with Gasteiger partial charge in [0.1, 0.15) is 5.82 Å². The summed E-state index contributed by atoms with van der Waals surface area (Å²) >= 11 is 0. The first-order valence-electron chi connectivity index (χ1n) is 6.74. The molecule has 0 bridgehead atoms. The number of benzene rings is 1. The minimum absolute atomic E-state index is 0.190. The zero-order valence-corrected chi connectivity index (χ0v) is 11.9. The highest BCUT2D eigenvalue weighted by atomic mass is 16.7. The van der Waals surface area contributed by atoms with Gasteiger partial charge in [-0.2, -0.15) is 0 Å². The van der Waals surface area contributed by atoms with E-state index in [4.69, 9.17) is 9.47 Å². The molecular weight excluding hydrogens is 272 g/mol. The Balaban J connectivity index is 1.76. The van der Waals surface area contributed by atoms with E-state index in [-0.39, 0.29) is 18.5 Å². The summed E-state index contributed by atoms with van der Waals surface area (Å²) in [6.07, 6.45) is 0. The molecule has 1 aromatic carbocycles. The van der Waals surface area contributed by atoms with Crippen molar-refractivity contribution in [1.82, 2.24) is 20.1 Å². The average molecular weight is 288 g/mol. The fraction of sp³-hybridized carbons (Fsp3) is 0.357. The number of ether oxygens (including phenoxy) is 2. The monoisotopic (exact) mass is 288 g/mol. The first-order chi connectivity index (χ1) is 10.2. The van der Waals surface area contributed by atoms with Crippen LogP contribution in [0.5, 0.6) is 11.5 Å². The summed E-state index contributed by atoms with van der Waals surface area (Å²) < 4.78 is 10.6. The van der Waals surface area contributed by atoms with Crippen molar-refractivity contribution in [3.8, 4) is 11.5 Å². The maximum atomic E-state index is 12.4. The number of nitrogens with zero attached hydrogens (tertiary/aromatic N) is 3. The summed E-state index contributed by atoms with van der Waals surface area (Å²) in [6.45, 7) is 4.97.